The van der Waals surface area contributed by atoms with Crippen LogP contribution < -0.4 is 0 Å². The van der Waals surface area contributed by atoms with E-state index in [1.165, 1.54) is 6.07 Å². The number of carbonyl (C=O) groups is 1. The zero-order valence-electron chi connectivity index (χ0n) is 8.22. The molecule has 1 aromatic carbocycles. The molecule has 0 amide bonds. The number of benzene rings is 1. The van der Waals surface area contributed by atoms with Gasteiger partial charge >= 0.3 is 0 Å². The van der Waals surface area contributed by atoms with Crippen molar-refractivity contribution in [2.45, 2.75) is 0 Å². The summed E-state index contributed by atoms with van der Waals surface area (Å²) in [7, 11) is 0. The summed E-state index contributed by atoms with van der Waals surface area (Å²) in [5, 5.41) is 9.48. The van der Waals surface area contributed by atoms with Gasteiger partial charge in [0.2, 0.25) is 5.78 Å². The minimum absolute atomic E-state index is 0.0433. The Hall–Kier alpha value is -1.68. The zero-order valence-corrected chi connectivity index (χ0v) is 9.81. The van der Waals surface area contributed by atoms with Gasteiger partial charge in [0.1, 0.15) is 11.4 Å². The Morgan fingerprint density at radius 1 is 1.19 bits per heavy atom. The van der Waals surface area contributed by atoms with Crippen molar-refractivity contribution in [2.24, 2.45) is 0 Å². The van der Waals surface area contributed by atoms with Crippen LogP contribution in [0.3, 0.4) is 0 Å². The number of hydrogen-bond donors (Lipinski definition) is 1. The van der Waals surface area contributed by atoms with Crippen molar-refractivity contribution in [1.29, 1.82) is 0 Å². The molecule has 2 aromatic rings. The molecule has 0 aliphatic heterocycles. The zero-order chi connectivity index (χ0) is 11.5. The number of aromatic hydroxyl groups is 1. The summed E-state index contributed by atoms with van der Waals surface area (Å²) >= 11 is 3.18. The normalized spacial score (nSPS) is 10.1. The maximum Gasteiger partial charge on any atom is 0.212 e. The highest BCUT2D eigenvalue weighted by Gasteiger charge is 2.15. The number of rotatable bonds is 2. The quantitative estimate of drug-likeness (QED) is 0.859. The van der Waals surface area contributed by atoms with Crippen LogP contribution in [0, 0.1) is 0 Å². The molecule has 0 saturated carbocycles. The van der Waals surface area contributed by atoms with Crippen molar-refractivity contribution in [2.75, 3.05) is 0 Å². The summed E-state index contributed by atoms with van der Waals surface area (Å²) in [6.07, 6.45) is 1.56. The van der Waals surface area contributed by atoms with Gasteiger partial charge in [-0.3, -0.25) is 9.78 Å². The van der Waals surface area contributed by atoms with E-state index in [1.807, 2.05) is 0 Å². The average molecular weight is 278 g/mol. The number of pyridine rings is 1. The number of carbonyl (C=O) groups excluding carboxylic acids is 1. The van der Waals surface area contributed by atoms with E-state index in [4.69, 9.17) is 0 Å². The van der Waals surface area contributed by atoms with Gasteiger partial charge in [-0.2, -0.15) is 0 Å². The van der Waals surface area contributed by atoms with E-state index in [1.54, 1.807) is 36.5 Å². The minimum atomic E-state index is -0.219. The molecular formula is C12H8BrNO2. The Bertz CT molecular complexity index is 526. The largest absolute Gasteiger partial charge is 0.507 e. The molecule has 1 heterocycles. The molecule has 0 aliphatic carbocycles. The Morgan fingerprint density at radius 3 is 2.69 bits per heavy atom. The SMILES string of the molecule is O=C(c1ccccn1)c1cccc(O)c1Br. The maximum absolute atomic E-state index is 12.0. The summed E-state index contributed by atoms with van der Waals surface area (Å²) < 4.78 is 0.394. The van der Waals surface area contributed by atoms with Crippen LogP contribution in [-0.2, 0) is 0 Å². The van der Waals surface area contributed by atoms with Crippen molar-refractivity contribution in [1.82, 2.24) is 4.98 Å². The molecule has 0 bridgehead atoms. The van der Waals surface area contributed by atoms with Gasteiger partial charge in [0.15, 0.2) is 0 Å². The monoisotopic (exact) mass is 277 g/mol. The highest BCUT2D eigenvalue weighted by molar-refractivity contribution is 9.10. The molecule has 0 aliphatic rings. The van der Waals surface area contributed by atoms with Gasteiger partial charge in [-0.1, -0.05) is 12.1 Å². The predicted octanol–water partition coefficient (Wildman–Crippen LogP) is 2.78. The molecule has 0 unspecified atom stereocenters. The molecule has 0 atom stereocenters. The van der Waals surface area contributed by atoms with Crippen molar-refractivity contribution < 1.29 is 9.90 Å². The van der Waals surface area contributed by atoms with E-state index >= 15 is 0 Å². The number of nitrogens with zero attached hydrogens (tertiary/aromatic N) is 1. The summed E-state index contributed by atoms with van der Waals surface area (Å²) in [4.78, 5) is 16.0. The van der Waals surface area contributed by atoms with Crippen LogP contribution in [0.15, 0.2) is 47.1 Å². The van der Waals surface area contributed by atoms with Crippen LogP contribution in [0.2, 0.25) is 0 Å². The lowest BCUT2D eigenvalue weighted by atomic mass is 10.1. The van der Waals surface area contributed by atoms with Crippen molar-refractivity contribution in [3.05, 3.63) is 58.3 Å². The predicted molar refractivity (Wildman–Crippen MR) is 63.5 cm³/mol. The van der Waals surface area contributed by atoms with Gasteiger partial charge in [-0.25, -0.2) is 0 Å². The topological polar surface area (TPSA) is 50.2 Å². The number of aromatic nitrogens is 1. The molecule has 80 valence electrons. The number of phenolic OH excluding ortho intramolecular Hbond substituents is 1. The third-order valence-electron chi connectivity index (χ3n) is 2.12. The van der Waals surface area contributed by atoms with E-state index < -0.39 is 0 Å². The van der Waals surface area contributed by atoms with Crippen LogP contribution in [0.25, 0.3) is 0 Å². The second kappa shape index (κ2) is 4.45. The molecule has 0 spiro atoms. The van der Waals surface area contributed by atoms with Crippen molar-refractivity contribution in [3.63, 3.8) is 0 Å². The van der Waals surface area contributed by atoms with Crippen LogP contribution in [0.1, 0.15) is 16.1 Å². The minimum Gasteiger partial charge on any atom is -0.507 e. The number of ketones is 1. The van der Waals surface area contributed by atoms with Crippen LogP contribution in [0.5, 0.6) is 5.75 Å². The van der Waals surface area contributed by atoms with E-state index in [0.29, 0.717) is 15.7 Å². The first-order valence-corrected chi connectivity index (χ1v) is 5.42. The second-order valence-corrected chi connectivity index (χ2v) is 3.98. The number of hydrogen-bond acceptors (Lipinski definition) is 3. The fourth-order valence-corrected chi connectivity index (χ4v) is 1.77. The smallest absolute Gasteiger partial charge is 0.212 e. The summed E-state index contributed by atoms with van der Waals surface area (Å²) in [5.41, 5.74) is 0.757. The first-order chi connectivity index (χ1) is 7.70. The standard InChI is InChI=1S/C12H8BrNO2/c13-11-8(4-3-6-10(11)15)12(16)9-5-1-2-7-14-9/h1-7,15H. The molecule has 0 saturated heterocycles. The average Bonchev–Trinajstić information content (AvgIpc) is 2.33. The van der Waals surface area contributed by atoms with E-state index in [9.17, 15) is 9.90 Å². The second-order valence-electron chi connectivity index (χ2n) is 3.18. The molecule has 16 heavy (non-hydrogen) atoms. The van der Waals surface area contributed by atoms with E-state index in [2.05, 4.69) is 20.9 Å². The molecule has 3 nitrogen and oxygen atoms in total. The molecule has 4 heteroatoms. The van der Waals surface area contributed by atoms with Gasteiger partial charge in [0.05, 0.1) is 4.47 Å². The van der Waals surface area contributed by atoms with Gasteiger partial charge in [-0.05, 0) is 40.2 Å². The lowest BCUT2D eigenvalue weighted by Crippen LogP contribution is -2.04. The Balaban J connectivity index is 2.46. The molecule has 1 N–H and O–H groups in total. The Morgan fingerprint density at radius 2 is 2.00 bits per heavy atom. The van der Waals surface area contributed by atoms with Crippen molar-refractivity contribution in [3.8, 4) is 5.75 Å². The Kier molecular flexibility index (Phi) is 3.01. The highest BCUT2D eigenvalue weighted by atomic mass is 79.9. The molecule has 2 rings (SSSR count). The van der Waals surface area contributed by atoms with Crippen LogP contribution >= 0.6 is 15.9 Å². The summed E-state index contributed by atoms with van der Waals surface area (Å²) in [6.45, 7) is 0. The van der Waals surface area contributed by atoms with Crippen molar-refractivity contribution >= 4 is 21.7 Å². The van der Waals surface area contributed by atoms with E-state index in [0.717, 1.165) is 0 Å². The first-order valence-electron chi connectivity index (χ1n) is 4.63. The third-order valence-corrected chi connectivity index (χ3v) is 2.95. The van der Waals surface area contributed by atoms with Crippen LogP contribution in [0.4, 0.5) is 0 Å². The summed E-state index contributed by atoms with van der Waals surface area (Å²) in [6, 6.07) is 9.90. The number of phenols is 1. The molecule has 0 radical (unpaired) electrons. The van der Waals surface area contributed by atoms with Gasteiger partial charge < -0.3 is 5.11 Å². The first kappa shape index (κ1) is 10.8. The number of halogens is 1. The fourth-order valence-electron chi connectivity index (χ4n) is 1.33. The maximum atomic E-state index is 12.0. The van der Waals surface area contributed by atoms with E-state index in [-0.39, 0.29) is 11.5 Å². The lowest BCUT2D eigenvalue weighted by Gasteiger charge is -2.04. The fraction of sp³-hybridized carbons (Fsp3) is 0. The van der Waals surface area contributed by atoms with Gasteiger partial charge in [0, 0.05) is 11.8 Å². The highest BCUT2D eigenvalue weighted by Crippen LogP contribution is 2.28. The lowest BCUT2D eigenvalue weighted by molar-refractivity contribution is 0.103. The van der Waals surface area contributed by atoms with Gasteiger partial charge in [0.25, 0.3) is 0 Å². The van der Waals surface area contributed by atoms with Gasteiger partial charge in [-0.15, -0.1) is 0 Å². The summed E-state index contributed by atoms with van der Waals surface area (Å²) in [5.74, 6) is -0.176. The molecular weight excluding hydrogens is 270 g/mol. The Labute approximate surface area is 101 Å². The third kappa shape index (κ3) is 1.97. The molecule has 0 fully saturated rings. The van der Waals surface area contributed by atoms with Crippen LogP contribution in [-0.4, -0.2) is 15.9 Å². The molecule has 1 aromatic heterocycles.